The molecule has 0 bridgehead atoms. The number of hydrogen-bond donors (Lipinski definition) is 1. The predicted octanol–water partition coefficient (Wildman–Crippen LogP) is 2.66. The fourth-order valence-corrected chi connectivity index (χ4v) is 3.16. The number of aromatic nitrogens is 1. The maximum atomic E-state index is 4.76. The normalized spacial score (nSPS) is 13.6. The molecular weight excluding hydrogens is 280 g/mol. The Labute approximate surface area is 134 Å². The van der Waals surface area contributed by atoms with E-state index in [0.717, 1.165) is 32.7 Å². The van der Waals surface area contributed by atoms with Crippen molar-refractivity contribution in [1.82, 2.24) is 20.1 Å². The lowest BCUT2D eigenvalue weighted by molar-refractivity contribution is 0.172. The first-order valence-corrected chi connectivity index (χ1v) is 8.83. The molecule has 0 amide bonds. The van der Waals surface area contributed by atoms with E-state index in [2.05, 4.69) is 62.3 Å². The highest BCUT2D eigenvalue weighted by Gasteiger charge is 2.14. The van der Waals surface area contributed by atoms with Gasteiger partial charge in [0.15, 0.2) is 0 Å². The van der Waals surface area contributed by atoms with Gasteiger partial charge >= 0.3 is 0 Å². The smallest absolute Gasteiger partial charge is 0.107 e. The first kappa shape index (κ1) is 18.6. The fourth-order valence-electron chi connectivity index (χ4n) is 2.40. The van der Waals surface area contributed by atoms with E-state index in [1.807, 2.05) is 0 Å². The molecule has 1 heterocycles. The first-order valence-electron chi connectivity index (χ1n) is 7.95. The van der Waals surface area contributed by atoms with Crippen molar-refractivity contribution in [3.63, 3.8) is 0 Å². The van der Waals surface area contributed by atoms with E-state index in [-0.39, 0.29) is 0 Å². The minimum Gasteiger partial charge on any atom is -0.310 e. The molecule has 4 nitrogen and oxygen atoms in total. The highest BCUT2D eigenvalue weighted by Crippen LogP contribution is 2.13. The highest BCUT2D eigenvalue weighted by molar-refractivity contribution is 7.09. The van der Waals surface area contributed by atoms with Gasteiger partial charge in [0.25, 0.3) is 0 Å². The Bertz CT molecular complexity index is 389. The van der Waals surface area contributed by atoms with Crippen LogP contribution in [0.1, 0.15) is 38.4 Å². The largest absolute Gasteiger partial charge is 0.310 e. The molecule has 1 unspecified atom stereocenters. The van der Waals surface area contributed by atoms with Crippen LogP contribution in [0.3, 0.4) is 0 Å². The zero-order valence-corrected chi connectivity index (χ0v) is 15.3. The zero-order valence-electron chi connectivity index (χ0n) is 14.5. The lowest BCUT2D eigenvalue weighted by Gasteiger charge is -2.29. The van der Waals surface area contributed by atoms with Crippen LogP contribution in [-0.4, -0.2) is 54.6 Å². The summed E-state index contributed by atoms with van der Waals surface area (Å²) in [4.78, 5) is 9.49. The van der Waals surface area contributed by atoms with Crippen LogP contribution in [0, 0.1) is 5.92 Å². The van der Waals surface area contributed by atoms with Gasteiger partial charge in [-0.15, -0.1) is 11.3 Å². The summed E-state index contributed by atoms with van der Waals surface area (Å²) in [7, 11) is 4.26. The topological polar surface area (TPSA) is 31.4 Å². The Morgan fingerprint density at radius 3 is 2.57 bits per heavy atom. The minimum atomic E-state index is 0.550. The average molecular weight is 313 g/mol. The van der Waals surface area contributed by atoms with Gasteiger partial charge in [-0.25, -0.2) is 4.98 Å². The van der Waals surface area contributed by atoms with Crippen LogP contribution >= 0.6 is 11.3 Å². The number of hydrogen-bond acceptors (Lipinski definition) is 5. The molecular formula is C16H32N4S. The lowest BCUT2D eigenvalue weighted by Crippen LogP contribution is -2.39. The quantitative estimate of drug-likeness (QED) is 0.720. The van der Waals surface area contributed by atoms with Crippen LogP contribution in [0.4, 0.5) is 0 Å². The van der Waals surface area contributed by atoms with E-state index in [4.69, 9.17) is 4.98 Å². The molecule has 0 fully saturated rings. The van der Waals surface area contributed by atoms with Crippen molar-refractivity contribution in [3.05, 3.63) is 16.1 Å². The molecule has 0 aliphatic heterocycles. The van der Waals surface area contributed by atoms with Crippen molar-refractivity contribution in [3.8, 4) is 0 Å². The van der Waals surface area contributed by atoms with Gasteiger partial charge < -0.3 is 10.2 Å². The van der Waals surface area contributed by atoms with Gasteiger partial charge in [0, 0.05) is 31.1 Å². The summed E-state index contributed by atoms with van der Waals surface area (Å²) in [6.45, 7) is 14.0. The summed E-state index contributed by atoms with van der Waals surface area (Å²) in [5.41, 5.74) is 1.20. The van der Waals surface area contributed by atoms with Crippen LogP contribution in [0.15, 0.2) is 5.38 Å². The molecule has 0 spiro atoms. The van der Waals surface area contributed by atoms with Gasteiger partial charge in [-0.1, -0.05) is 20.8 Å². The molecule has 0 saturated carbocycles. The maximum absolute atomic E-state index is 4.76. The van der Waals surface area contributed by atoms with Crippen LogP contribution in [0.5, 0.6) is 0 Å². The van der Waals surface area contributed by atoms with Gasteiger partial charge in [0.1, 0.15) is 5.01 Å². The minimum absolute atomic E-state index is 0.550. The third-order valence-corrected chi connectivity index (χ3v) is 4.35. The van der Waals surface area contributed by atoms with Gasteiger partial charge in [0.2, 0.25) is 0 Å². The molecule has 0 saturated heterocycles. The lowest BCUT2D eigenvalue weighted by atomic mass is 10.2. The molecule has 1 N–H and O–H groups in total. The summed E-state index contributed by atoms with van der Waals surface area (Å²) >= 11 is 1.77. The molecule has 122 valence electrons. The van der Waals surface area contributed by atoms with E-state index in [0.29, 0.717) is 12.0 Å². The molecule has 1 aromatic rings. The van der Waals surface area contributed by atoms with E-state index in [1.54, 1.807) is 11.3 Å². The summed E-state index contributed by atoms with van der Waals surface area (Å²) in [5, 5.41) is 6.86. The van der Waals surface area contributed by atoms with Crippen LogP contribution in [-0.2, 0) is 13.1 Å². The monoisotopic (exact) mass is 312 g/mol. The SMILES string of the molecule is CCN(Cc1csc(CNCC(C)C)n1)C(C)CN(C)C. The molecule has 0 aromatic carbocycles. The van der Waals surface area contributed by atoms with Crippen molar-refractivity contribution in [2.75, 3.05) is 33.7 Å². The van der Waals surface area contributed by atoms with Crippen molar-refractivity contribution in [2.24, 2.45) is 5.92 Å². The molecule has 1 rings (SSSR count). The van der Waals surface area contributed by atoms with Crippen LogP contribution in [0.2, 0.25) is 0 Å². The van der Waals surface area contributed by atoms with Crippen molar-refractivity contribution in [1.29, 1.82) is 0 Å². The molecule has 5 heteroatoms. The third kappa shape index (κ3) is 7.36. The Hall–Kier alpha value is -0.490. The third-order valence-electron chi connectivity index (χ3n) is 3.45. The number of rotatable bonds is 10. The maximum Gasteiger partial charge on any atom is 0.107 e. The Morgan fingerprint density at radius 1 is 1.29 bits per heavy atom. The Balaban J connectivity index is 2.47. The van der Waals surface area contributed by atoms with Crippen LogP contribution < -0.4 is 5.32 Å². The van der Waals surface area contributed by atoms with Gasteiger partial charge in [-0.3, -0.25) is 4.90 Å². The first-order chi connectivity index (χ1) is 9.92. The zero-order chi connectivity index (χ0) is 15.8. The number of thiazole rings is 1. The molecule has 0 radical (unpaired) electrons. The second-order valence-corrected chi connectivity index (χ2v) is 7.37. The number of nitrogens with one attached hydrogen (secondary N) is 1. The summed E-state index contributed by atoms with van der Waals surface area (Å²) < 4.78 is 0. The predicted molar refractivity (Wildman–Crippen MR) is 92.8 cm³/mol. The molecule has 1 atom stereocenters. The van der Waals surface area contributed by atoms with Crippen molar-refractivity contribution >= 4 is 11.3 Å². The molecule has 21 heavy (non-hydrogen) atoms. The Morgan fingerprint density at radius 2 is 2.00 bits per heavy atom. The van der Waals surface area contributed by atoms with Crippen molar-refractivity contribution < 1.29 is 0 Å². The van der Waals surface area contributed by atoms with Gasteiger partial charge in [-0.2, -0.15) is 0 Å². The number of likely N-dealkylation sites (N-methyl/N-ethyl adjacent to an activating group) is 2. The molecule has 0 aliphatic rings. The van der Waals surface area contributed by atoms with E-state index in [9.17, 15) is 0 Å². The summed E-state index contributed by atoms with van der Waals surface area (Å²) in [6, 6.07) is 0.550. The van der Waals surface area contributed by atoms with E-state index >= 15 is 0 Å². The van der Waals surface area contributed by atoms with Crippen LogP contribution in [0.25, 0.3) is 0 Å². The van der Waals surface area contributed by atoms with E-state index < -0.39 is 0 Å². The molecule has 1 aromatic heterocycles. The second-order valence-electron chi connectivity index (χ2n) is 6.43. The fraction of sp³-hybridized carbons (Fsp3) is 0.812. The molecule has 0 aliphatic carbocycles. The van der Waals surface area contributed by atoms with E-state index in [1.165, 1.54) is 10.7 Å². The standard InChI is InChI=1S/C16H32N4S/c1-7-20(14(4)10-19(5)6)11-15-12-21-16(18-15)9-17-8-13(2)3/h12-14,17H,7-11H2,1-6H3. The van der Waals surface area contributed by atoms with Gasteiger partial charge in [-0.05, 0) is 40.0 Å². The van der Waals surface area contributed by atoms with Gasteiger partial charge in [0.05, 0.1) is 5.69 Å². The number of nitrogens with zero attached hydrogens (tertiary/aromatic N) is 3. The summed E-state index contributed by atoms with van der Waals surface area (Å²) in [6.07, 6.45) is 0. The van der Waals surface area contributed by atoms with Crippen molar-refractivity contribution in [2.45, 2.75) is 46.8 Å². The highest BCUT2D eigenvalue weighted by atomic mass is 32.1. The summed E-state index contributed by atoms with van der Waals surface area (Å²) in [5.74, 6) is 0.687. The second kappa shape index (κ2) is 9.51. The Kier molecular flexibility index (Phi) is 8.41. The average Bonchev–Trinajstić information content (AvgIpc) is 2.82.